The molecule has 0 bridgehead atoms. The van der Waals surface area contributed by atoms with Crippen molar-refractivity contribution in [2.45, 2.75) is 32.9 Å². The Morgan fingerprint density at radius 1 is 0.829 bits per heavy atom. The lowest BCUT2D eigenvalue weighted by Gasteiger charge is -2.18. The minimum absolute atomic E-state index is 0.103. The smallest absolute Gasteiger partial charge is 0.326 e. The van der Waals surface area contributed by atoms with Crippen molar-refractivity contribution in [1.29, 1.82) is 0 Å². The summed E-state index contributed by atoms with van der Waals surface area (Å²) in [5.41, 5.74) is 4.88. The number of benzene rings is 3. The molecule has 182 valence electrons. The monoisotopic (exact) mass is 474 g/mol. The van der Waals surface area contributed by atoms with Gasteiger partial charge >= 0.3 is 5.97 Å². The molecule has 7 heteroatoms. The summed E-state index contributed by atoms with van der Waals surface area (Å²) in [6, 6.07) is 21.2. The fraction of sp³-hybridized carbons (Fsp3) is 0.250. The van der Waals surface area contributed by atoms with Gasteiger partial charge in [0.05, 0.1) is 13.0 Å². The summed E-state index contributed by atoms with van der Waals surface area (Å²) in [5.74, 6) is -1.81. The third kappa shape index (κ3) is 7.25. The van der Waals surface area contributed by atoms with Crippen LogP contribution in [0.25, 0.3) is 11.1 Å². The molecule has 7 nitrogen and oxygen atoms in total. The first-order chi connectivity index (χ1) is 16.8. The average Bonchev–Trinajstić information content (AvgIpc) is 2.84. The van der Waals surface area contributed by atoms with E-state index in [-0.39, 0.29) is 18.2 Å². The predicted molar refractivity (Wildman–Crippen MR) is 135 cm³/mol. The Morgan fingerprint density at radius 2 is 1.37 bits per heavy atom. The van der Waals surface area contributed by atoms with Crippen molar-refractivity contribution >= 4 is 23.5 Å². The molecule has 0 aromatic heterocycles. The van der Waals surface area contributed by atoms with E-state index in [9.17, 15) is 19.5 Å². The summed E-state index contributed by atoms with van der Waals surface area (Å²) in [5, 5.41) is 14.7. The highest BCUT2D eigenvalue weighted by Crippen LogP contribution is 2.22. The van der Waals surface area contributed by atoms with Crippen LogP contribution in [0, 0.1) is 5.92 Å². The van der Waals surface area contributed by atoms with Crippen molar-refractivity contribution < 1.29 is 24.2 Å². The third-order valence-electron chi connectivity index (χ3n) is 5.57. The van der Waals surface area contributed by atoms with Gasteiger partial charge in [0, 0.05) is 18.4 Å². The molecule has 2 amide bonds. The van der Waals surface area contributed by atoms with E-state index in [4.69, 9.17) is 4.74 Å². The largest absolute Gasteiger partial charge is 0.480 e. The molecule has 0 fully saturated rings. The first-order valence-electron chi connectivity index (χ1n) is 11.4. The summed E-state index contributed by atoms with van der Waals surface area (Å²) >= 11 is 0. The molecule has 35 heavy (non-hydrogen) atoms. The van der Waals surface area contributed by atoms with Crippen LogP contribution >= 0.6 is 0 Å². The molecule has 0 saturated heterocycles. The third-order valence-corrected chi connectivity index (χ3v) is 5.57. The first-order valence-corrected chi connectivity index (χ1v) is 11.4. The number of amides is 2. The van der Waals surface area contributed by atoms with Gasteiger partial charge in [0.25, 0.3) is 5.91 Å². The van der Waals surface area contributed by atoms with Gasteiger partial charge in [0.1, 0.15) is 6.04 Å². The number of carboxylic acid groups (broad SMARTS) is 1. The maximum Gasteiger partial charge on any atom is 0.326 e. The summed E-state index contributed by atoms with van der Waals surface area (Å²) in [6.45, 7) is 4.03. The molecular formula is C28H30N2O5. The van der Waals surface area contributed by atoms with Gasteiger partial charge in [-0.15, -0.1) is 0 Å². The molecule has 3 N–H and O–H groups in total. The molecule has 0 unspecified atom stereocenters. The van der Waals surface area contributed by atoms with Gasteiger partial charge in [-0.1, -0.05) is 62.4 Å². The molecule has 1 atom stereocenters. The number of carboxylic acids is 1. The fourth-order valence-corrected chi connectivity index (χ4v) is 3.61. The van der Waals surface area contributed by atoms with Crippen LogP contribution in [-0.4, -0.2) is 36.0 Å². The van der Waals surface area contributed by atoms with Crippen LogP contribution in [0.5, 0.6) is 0 Å². The van der Waals surface area contributed by atoms with Crippen molar-refractivity contribution in [1.82, 2.24) is 5.32 Å². The van der Waals surface area contributed by atoms with Gasteiger partial charge in [0.15, 0.2) is 0 Å². The summed E-state index contributed by atoms with van der Waals surface area (Å²) in [6.07, 6.45) is 0.276. The lowest BCUT2D eigenvalue weighted by atomic mass is 10.0. The number of anilines is 1. The fourth-order valence-electron chi connectivity index (χ4n) is 3.61. The van der Waals surface area contributed by atoms with Crippen LogP contribution < -0.4 is 10.6 Å². The van der Waals surface area contributed by atoms with Gasteiger partial charge in [-0.3, -0.25) is 9.59 Å². The molecule has 0 aliphatic rings. The van der Waals surface area contributed by atoms with Gasteiger partial charge < -0.3 is 20.5 Å². The van der Waals surface area contributed by atoms with E-state index < -0.39 is 17.9 Å². The van der Waals surface area contributed by atoms with E-state index in [0.29, 0.717) is 17.9 Å². The summed E-state index contributed by atoms with van der Waals surface area (Å²) in [7, 11) is 1.65. The number of aliphatic carboxylic acids is 1. The number of hydrogen-bond acceptors (Lipinski definition) is 4. The zero-order valence-electron chi connectivity index (χ0n) is 20.1. The number of carbonyl (C=O) groups excluding carboxylic acids is 2. The molecule has 3 rings (SSSR count). The number of nitrogens with one attached hydrogen (secondary N) is 2. The maximum atomic E-state index is 12.4. The topological polar surface area (TPSA) is 105 Å². The Bertz CT molecular complexity index is 1150. The van der Waals surface area contributed by atoms with Crippen molar-refractivity contribution in [2.24, 2.45) is 5.92 Å². The Morgan fingerprint density at radius 3 is 1.89 bits per heavy atom. The maximum absolute atomic E-state index is 12.4. The van der Waals surface area contributed by atoms with Gasteiger partial charge in [-0.05, 0) is 52.4 Å². The Balaban J connectivity index is 1.58. The molecule has 3 aromatic carbocycles. The average molecular weight is 475 g/mol. The second-order valence-electron chi connectivity index (χ2n) is 8.66. The van der Waals surface area contributed by atoms with E-state index in [0.717, 1.165) is 22.3 Å². The van der Waals surface area contributed by atoms with Crippen LogP contribution in [0.4, 0.5) is 5.69 Å². The minimum Gasteiger partial charge on any atom is -0.480 e. The molecule has 0 radical (unpaired) electrons. The van der Waals surface area contributed by atoms with Gasteiger partial charge in [-0.25, -0.2) is 4.79 Å². The first kappa shape index (κ1) is 25.6. The SMILES string of the molecule is COCc1ccc(CC(=O)Nc2ccc(-c3ccc(C(=O)N[C@H](C(=O)O)C(C)C)cc3)cc2)cc1. The molecular weight excluding hydrogens is 444 g/mol. The van der Waals surface area contributed by atoms with E-state index in [1.807, 2.05) is 48.5 Å². The Kier molecular flexibility index (Phi) is 8.75. The molecule has 0 saturated carbocycles. The van der Waals surface area contributed by atoms with Crippen LogP contribution in [0.3, 0.4) is 0 Å². The lowest BCUT2D eigenvalue weighted by molar-refractivity contribution is -0.140. The Labute approximate surface area is 205 Å². The highest BCUT2D eigenvalue weighted by Gasteiger charge is 2.23. The molecule has 0 aliphatic heterocycles. The highest BCUT2D eigenvalue weighted by molar-refractivity contribution is 5.97. The van der Waals surface area contributed by atoms with Crippen molar-refractivity contribution in [2.75, 3.05) is 12.4 Å². The Hall–Kier alpha value is -3.97. The minimum atomic E-state index is -1.06. The number of carbonyl (C=O) groups is 3. The summed E-state index contributed by atoms with van der Waals surface area (Å²) < 4.78 is 5.10. The van der Waals surface area contributed by atoms with Crippen LogP contribution in [-0.2, 0) is 27.4 Å². The quantitative estimate of drug-likeness (QED) is 0.401. The molecule has 0 aliphatic carbocycles. The predicted octanol–water partition coefficient (Wildman–Crippen LogP) is 4.52. The van der Waals surface area contributed by atoms with Crippen LogP contribution in [0.15, 0.2) is 72.8 Å². The molecule has 3 aromatic rings. The second-order valence-corrected chi connectivity index (χ2v) is 8.66. The van der Waals surface area contributed by atoms with Gasteiger partial charge in [-0.2, -0.15) is 0 Å². The van der Waals surface area contributed by atoms with Crippen LogP contribution in [0.2, 0.25) is 0 Å². The second kappa shape index (κ2) is 11.9. The van der Waals surface area contributed by atoms with E-state index in [2.05, 4.69) is 10.6 Å². The highest BCUT2D eigenvalue weighted by atomic mass is 16.5. The number of hydrogen-bond donors (Lipinski definition) is 3. The van der Waals surface area contributed by atoms with Crippen molar-refractivity contribution in [3.05, 3.63) is 89.5 Å². The van der Waals surface area contributed by atoms with Crippen molar-refractivity contribution in [3.63, 3.8) is 0 Å². The van der Waals surface area contributed by atoms with Gasteiger partial charge in [0.2, 0.25) is 5.91 Å². The lowest BCUT2D eigenvalue weighted by Crippen LogP contribution is -2.44. The van der Waals surface area contributed by atoms with E-state index in [1.165, 1.54) is 0 Å². The normalized spacial score (nSPS) is 11.7. The molecule has 0 spiro atoms. The van der Waals surface area contributed by atoms with E-state index in [1.54, 1.807) is 45.2 Å². The van der Waals surface area contributed by atoms with Crippen molar-refractivity contribution in [3.8, 4) is 11.1 Å². The number of ether oxygens (including phenoxy) is 1. The zero-order chi connectivity index (χ0) is 25.4. The van der Waals surface area contributed by atoms with E-state index >= 15 is 0 Å². The number of methoxy groups -OCH3 is 1. The standard InChI is InChI=1S/C28H30N2O5/c1-18(2)26(28(33)34)30-27(32)23-10-8-21(9-11-23)22-12-14-24(15-13-22)29-25(31)16-19-4-6-20(7-5-19)17-35-3/h4-15,18,26H,16-17H2,1-3H3,(H,29,31)(H,30,32)(H,33,34)/t26-/m0/s1. The van der Waals surface area contributed by atoms with Crippen LogP contribution in [0.1, 0.15) is 35.3 Å². The zero-order valence-corrected chi connectivity index (χ0v) is 20.1. The number of rotatable bonds is 10. The molecule has 0 heterocycles. The summed E-state index contributed by atoms with van der Waals surface area (Å²) in [4.78, 5) is 36.1.